The SMILES string of the molecule is COC1CC(N(C)c2c(C(=O)NN3CCOc4ccccc43)cnc3c(-c4cc(F)cc(F)c4F)c(F)ccc23)C1. The average Bonchev–Trinajstić information content (AvgIpc) is 2.94. The van der Waals surface area contributed by atoms with Gasteiger partial charge in [-0.25, -0.2) is 17.6 Å². The molecule has 0 spiro atoms. The van der Waals surface area contributed by atoms with Gasteiger partial charge in [0.05, 0.1) is 35.1 Å². The van der Waals surface area contributed by atoms with Crippen molar-refractivity contribution in [2.45, 2.75) is 25.0 Å². The minimum atomic E-state index is -1.45. The molecule has 2 aliphatic rings. The standard InChI is InChI=1S/C30H26F4N4O3/c1-37(17-13-18(14-17)40-2)29-19-7-8-22(32)26(20-11-16(31)12-23(33)27(20)34)28(19)35-15-21(29)30(39)36-38-9-10-41-25-6-4-3-5-24(25)38/h3-8,11-12,15,17-18H,9-10,13-14H2,1-2H3,(H,36,39). The third kappa shape index (κ3) is 4.69. The summed E-state index contributed by atoms with van der Waals surface area (Å²) in [4.78, 5) is 20.0. The molecule has 1 fully saturated rings. The maximum absolute atomic E-state index is 15.2. The second kappa shape index (κ2) is 10.5. The predicted molar refractivity (Wildman–Crippen MR) is 146 cm³/mol. The lowest BCUT2D eigenvalue weighted by Crippen LogP contribution is -2.48. The highest BCUT2D eigenvalue weighted by atomic mass is 19.2. The molecule has 41 heavy (non-hydrogen) atoms. The lowest BCUT2D eigenvalue weighted by Gasteiger charge is -2.42. The Morgan fingerprint density at radius 2 is 1.88 bits per heavy atom. The Bertz CT molecular complexity index is 1660. The summed E-state index contributed by atoms with van der Waals surface area (Å²) in [5.41, 5.74) is 3.18. The van der Waals surface area contributed by atoms with Crippen molar-refractivity contribution in [3.63, 3.8) is 0 Å². The van der Waals surface area contributed by atoms with E-state index in [1.165, 1.54) is 12.3 Å². The fourth-order valence-corrected chi connectivity index (χ4v) is 5.46. The molecule has 212 valence electrons. The Hall–Kier alpha value is -4.38. The zero-order valence-corrected chi connectivity index (χ0v) is 22.3. The van der Waals surface area contributed by atoms with Crippen LogP contribution in [0.1, 0.15) is 23.2 Å². The molecule has 1 aliphatic carbocycles. The lowest BCUT2D eigenvalue weighted by molar-refractivity contribution is 0.0266. The number of carbonyl (C=O) groups excluding carboxylic acids is 1. The minimum absolute atomic E-state index is 0.0157. The van der Waals surface area contributed by atoms with Crippen LogP contribution in [0.25, 0.3) is 22.0 Å². The summed E-state index contributed by atoms with van der Waals surface area (Å²) >= 11 is 0. The molecular weight excluding hydrogens is 540 g/mol. The number of hydrazine groups is 1. The summed E-state index contributed by atoms with van der Waals surface area (Å²) in [6, 6.07) is 10.9. The van der Waals surface area contributed by atoms with Crippen LogP contribution < -0.4 is 20.1 Å². The third-order valence-corrected chi connectivity index (χ3v) is 7.74. The number of halogens is 4. The number of anilines is 2. The Morgan fingerprint density at radius 3 is 2.66 bits per heavy atom. The van der Waals surface area contributed by atoms with E-state index in [0.29, 0.717) is 54.6 Å². The van der Waals surface area contributed by atoms with Gasteiger partial charge in [-0.15, -0.1) is 0 Å². The van der Waals surface area contributed by atoms with E-state index in [-0.39, 0.29) is 23.2 Å². The summed E-state index contributed by atoms with van der Waals surface area (Å²) in [5, 5.41) is 2.00. The number of carbonyl (C=O) groups is 1. The van der Waals surface area contributed by atoms with Crippen molar-refractivity contribution in [2.75, 3.05) is 37.2 Å². The van der Waals surface area contributed by atoms with Gasteiger partial charge in [0.1, 0.15) is 24.0 Å². The van der Waals surface area contributed by atoms with E-state index >= 15 is 4.39 Å². The van der Waals surface area contributed by atoms with E-state index in [9.17, 15) is 18.0 Å². The van der Waals surface area contributed by atoms with Gasteiger partial charge in [0.2, 0.25) is 0 Å². The number of hydrogen-bond acceptors (Lipinski definition) is 6. The zero-order valence-electron chi connectivity index (χ0n) is 22.3. The number of benzene rings is 3. The molecule has 1 aliphatic heterocycles. The minimum Gasteiger partial charge on any atom is -0.489 e. The summed E-state index contributed by atoms with van der Waals surface area (Å²) < 4.78 is 69.5. The number of rotatable bonds is 6. The molecule has 4 aromatic rings. The number of nitrogens with zero attached hydrogens (tertiary/aromatic N) is 3. The Kier molecular flexibility index (Phi) is 6.90. The van der Waals surface area contributed by atoms with Gasteiger partial charge < -0.3 is 14.4 Å². The quantitative estimate of drug-likeness (QED) is 0.242. The van der Waals surface area contributed by atoms with Crippen molar-refractivity contribution < 1.29 is 31.8 Å². The second-order valence-electron chi connectivity index (χ2n) is 10.1. The maximum atomic E-state index is 15.2. The van der Waals surface area contributed by atoms with E-state index in [4.69, 9.17) is 9.47 Å². The first kappa shape index (κ1) is 26.8. The first-order valence-corrected chi connectivity index (χ1v) is 13.1. The topological polar surface area (TPSA) is 66.9 Å². The van der Waals surface area contributed by atoms with Gasteiger partial charge in [0, 0.05) is 49.0 Å². The van der Waals surface area contributed by atoms with Crippen molar-refractivity contribution in [3.05, 3.63) is 83.6 Å². The Labute approximate surface area is 233 Å². The van der Waals surface area contributed by atoms with Crippen LogP contribution in [0.3, 0.4) is 0 Å². The van der Waals surface area contributed by atoms with Gasteiger partial charge in [-0.1, -0.05) is 12.1 Å². The van der Waals surface area contributed by atoms with Crippen molar-refractivity contribution >= 4 is 28.2 Å². The van der Waals surface area contributed by atoms with E-state index < -0.39 is 40.3 Å². The van der Waals surface area contributed by atoms with Crippen LogP contribution in [-0.2, 0) is 4.74 Å². The molecule has 7 nitrogen and oxygen atoms in total. The van der Waals surface area contributed by atoms with Crippen molar-refractivity contribution in [1.29, 1.82) is 0 Å². The van der Waals surface area contributed by atoms with E-state index in [2.05, 4.69) is 10.4 Å². The molecule has 0 bridgehead atoms. The summed E-state index contributed by atoms with van der Waals surface area (Å²) in [7, 11) is 3.43. The van der Waals surface area contributed by atoms with Crippen LogP contribution in [-0.4, -0.2) is 50.3 Å². The molecule has 2 heterocycles. The van der Waals surface area contributed by atoms with Gasteiger partial charge in [-0.3, -0.25) is 20.2 Å². The third-order valence-electron chi connectivity index (χ3n) is 7.74. The monoisotopic (exact) mass is 566 g/mol. The van der Waals surface area contributed by atoms with Crippen molar-refractivity contribution in [2.24, 2.45) is 0 Å². The largest absolute Gasteiger partial charge is 0.489 e. The fourth-order valence-electron chi connectivity index (χ4n) is 5.46. The number of amides is 1. The number of ether oxygens (including phenoxy) is 2. The Morgan fingerprint density at radius 1 is 1.10 bits per heavy atom. The number of fused-ring (bicyclic) bond motifs is 2. The van der Waals surface area contributed by atoms with E-state index in [1.807, 2.05) is 23.1 Å². The van der Waals surface area contributed by atoms with Crippen LogP contribution in [0.4, 0.5) is 28.9 Å². The van der Waals surface area contributed by atoms with Gasteiger partial charge >= 0.3 is 0 Å². The van der Waals surface area contributed by atoms with E-state index in [0.717, 1.165) is 12.1 Å². The number of nitrogens with one attached hydrogen (secondary N) is 1. The van der Waals surface area contributed by atoms with Gasteiger partial charge in [-0.05, 0) is 43.2 Å². The molecular formula is C30H26F4N4O3. The fraction of sp³-hybridized carbons (Fsp3) is 0.267. The average molecular weight is 567 g/mol. The summed E-state index contributed by atoms with van der Waals surface area (Å²) in [6.45, 7) is 0.756. The highest BCUT2D eigenvalue weighted by Crippen LogP contribution is 2.41. The first-order chi connectivity index (χ1) is 19.8. The van der Waals surface area contributed by atoms with Crippen LogP contribution >= 0.6 is 0 Å². The van der Waals surface area contributed by atoms with Crippen molar-refractivity contribution in [1.82, 2.24) is 10.4 Å². The molecule has 11 heteroatoms. The zero-order chi connectivity index (χ0) is 28.8. The van der Waals surface area contributed by atoms with Crippen LogP contribution in [0.2, 0.25) is 0 Å². The first-order valence-electron chi connectivity index (χ1n) is 13.1. The van der Waals surface area contributed by atoms with Gasteiger partial charge in [0.15, 0.2) is 11.6 Å². The maximum Gasteiger partial charge on any atom is 0.273 e. The molecule has 0 unspecified atom stereocenters. The number of hydrogen-bond donors (Lipinski definition) is 1. The summed E-state index contributed by atoms with van der Waals surface area (Å²) in [6.07, 6.45) is 2.70. The molecule has 1 saturated carbocycles. The summed E-state index contributed by atoms with van der Waals surface area (Å²) in [5.74, 6) is -4.67. The molecule has 3 aromatic carbocycles. The molecule has 0 saturated heterocycles. The number of para-hydroxylation sites is 2. The second-order valence-corrected chi connectivity index (χ2v) is 10.1. The highest BCUT2D eigenvalue weighted by molar-refractivity contribution is 6.10. The van der Waals surface area contributed by atoms with E-state index in [1.54, 1.807) is 25.2 Å². The van der Waals surface area contributed by atoms with Crippen LogP contribution in [0.15, 0.2) is 54.7 Å². The molecule has 1 N–H and O–H groups in total. The van der Waals surface area contributed by atoms with Gasteiger partial charge in [-0.2, -0.15) is 0 Å². The number of pyridine rings is 1. The predicted octanol–water partition coefficient (Wildman–Crippen LogP) is 5.62. The molecule has 0 atom stereocenters. The van der Waals surface area contributed by atoms with Crippen LogP contribution in [0.5, 0.6) is 5.75 Å². The molecule has 0 radical (unpaired) electrons. The number of methoxy groups -OCH3 is 1. The van der Waals surface area contributed by atoms with Crippen molar-refractivity contribution in [3.8, 4) is 16.9 Å². The van der Waals surface area contributed by atoms with Gasteiger partial charge in [0.25, 0.3) is 5.91 Å². The molecule has 1 amide bonds. The smallest absolute Gasteiger partial charge is 0.273 e. The molecule has 1 aromatic heterocycles. The molecule has 6 rings (SSSR count). The lowest BCUT2D eigenvalue weighted by atomic mass is 9.87. The van der Waals surface area contributed by atoms with Crippen LogP contribution in [0, 0.1) is 23.3 Å². The normalized spacial score (nSPS) is 18.0. The highest BCUT2D eigenvalue weighted by Gasteiger charge is 2.35. The number of aromatic nitrogens is 1. The Balaban J connectivity index is 1.49.